The monoisotopic (exact) mass is 298 g/mol. The van der Waals surface area contributed by atoms with E-state index in [0.29, 0.717) is 18.0 Å². The van der Waals surface area contributed by atoms with E-state index in [1.807, 2.05) is 27.7 Å². The third-order valence-electron chi connectivity index (χ3n) is 3.13. The first-order valence-electron chi connectivity index (χ1n) is 6.76. The number of hydrogen-bond acceptors (Lipinski definition) is 5. The predicted octanol–water partition coefficient (Wildman–Crippen LogP) is 3.03. The highest BCUT2D eigenvalue weighted by Crippen LogP contribution is 2.40. The topological polar surface area (TPSA) is 85.5 Å². The molecule has 0 amide bonds. The Bertz CT molecular complexity index is 501. The summed E-state index contributed by atoms with van der Waals surface area (Å²) in [6, 6.07) is 1.71. The van der Waals surface area contributed by atoms with Crippen molar-refractivity contribution in [3.8, 4) is 5.75 Å². The molecule has 2 rings (SSSR count). The SMILES string of the molecule is C.CC.Cc1nc(C(O)C[N+](=O)[O-])cc2c1OCC2(C)C. The van der Waals surface area contributed by atoms with Gasteiger partial charge in [-0.05, 0) is 13.0 Å². The predicted molar refractivity (Wildman–Crippen MR) is 82.4 cm³/mol. The molecule has 21 heavy (non-hydrogen) atoms. The normalized spacial score (nSPS) is 15.7. The molecule has 0 saturated heterocycles. The van der Waals surface area contributed by atoms with Gasteiger partial charge in [0.2, 0.25) is 6.54 Å². The highest BCUT2D eigenvalue weighted by Gasteiger charge is 2.34. The maximum atomic E-state index is 10.4. The van der Waals surface area contributed by atoms with E-state index in [1.54, 1.807) is 13.0 Å². The van der Waals surface area contributed by atoms with Crippen LogP contribution in [-0.4, -0.2) is 28.2 Å². The van der Waals surface area contributed by atoms with Crippen LogP contribution in [0.15, 0.2) is 6.07 Å². The first-order valence-corrected chi connectivity index (χ1v) is 6.76. The van der Waals surface area contributed by atoms with Gasteiger partial charge >= 0.3 is 0 Å². The van der Waals surface area contributed by atoms with E-state index >= 15 is 0 Å². The van der Waals surface area contributed by atoms with Crippen molar-refractivity contribution in [3.63, 3.8) is 0 Å². The van der Waals surface area contributed by atoms with Crippen LogP contribution in [0, 0.1) is 17.0 Å². The van der Waals surface area contributed by atoms with Gasteiger partial charge in [-0.2, -0.15) is 0 Å². The first kappa shape index (κ1) is 19.3. The molecule has 2 heterocycles. The molecule has 0 spiro atoms. The Morgan fingerprint density at radius 3 is 2.62 bits per heavy atom. The summed E-state index contributed by atoms with van der Waals surface area (Å²) in [6.07, 6.45) is -1.18. The van der Waals surface area contributed by atoms with Gasteiger partial charge in [0.1, 0.15) is 5.75 Å². The number of fused-ring (bicyclic) bond motifs is 1. The molecule has 0 aliphatic carbocycles. The summed E-state index contributed by atoms with van der Waals surface area (Å²) < 4.78 is 5.58. The Kier molecular flexibility index (Phi) is 6.76. The number of rotatable bonds is 3. The molecule has 6 heteroatoms. The fourth-order valence-corrected chi connectivity index (χ4v) is 2.11. The Morgan fingerprint density at radius 1 is 1.52 bits per heavy atom. The van der Waals surface area contributed by atoms with Crippen LogP contribution in [0.1, 0.15) is 58.2 Å². The van der Waals surface area contributed by atoms with E-state index in [1.165, 1.54) is 0 Å². The highest BCUT2D eigenvalue weighted by atomic mass is 16.6. The highest BCUT2D eigenvalue weighted by molar-refractivity contribution is 5.46. The second kappa shape index (κ2) is 7.36. The van der Waals surface area contributed by atoms with E-state index in [0.717, 1.165) is 11.3 Å². The average molecular weight is 298 g/mol. The fraction of sp³-hybridized carbons (Fsp3) is 0.667. The zero-order valence-corrected chi connectivity index (χ0v) is 12.6. The van der Waals surface area contributed by atoms with Gasteiger partial charge < -0.3 is 9.84 Å². The van der Waals surface area contributed by atoms with Gasteiger partial charge in [0.05, 0.1) is 18.0 Å². The van der Waals surface area contributed by atoms with E-state index < -0.39 is 17.6 Å². The minimum Gasteiger partial charge on any atom is -0.490 e. The molecule has 0 fully saturated rings. The van der Waals surface area contributed by atoms with Crippen LogP contribution in [0.2, 0.25) is 0 Å². The van der Waals surface area contributed by atoms with E-state index in [-0.39, 0.29) is 12.8 Å². The standard InChI is InChI=1S/C12H16N2O4.C2H6.CH4/c1-7-11-8(12(2,3)6-18-11)4-9(13-7)10(15)5-14(16)17;1-2;/h4,10,15H,5-6H2,1-3H3;1-2H3;1H4. The molecule has 1 aromatic rings. The van der Waals surface area contributed by atoms with Crippen LogP contribution in [-0.2, 0) is 5.41 Å². The molecular weight excluding hydrogens is 272 g/mol. The smallest absolute Gasteiger partial charge is 0.235 e. The number of aliphatic hydroxyl groups excluding tert-OH is 1. The Morgan fingerprint density at radius 2 is 2.10 bits per heavy atom. The van der Waals surface area contributed by atoms with Crippen LogP contribution in [0.3, 0.4) is 0 Å². The number of pyridine rings is 1. The van der Waals surface area contributed by atoms with Gasteiger partial charge in [-0.15, -0.1) is 0 Å². The number of nitrogens with zero attached hydrogens (tertiary/aromatic N) is 2. The first-order chi connectivity index (χ1) is 9.31. The van der Waals surface area contributed by atoms with Crippen molar-refractivity contribution in [2.75, 3.05) is 13.2 Å². The van der Waals surface area contributed by atoms with Gasteiger partial charge in [-0.25, -0.2) is 0 Å². The maximum Gasteiger partial charge on any atom is 0.235 e. The van der Waals surface area contributed by atoms with Gasteiger partial charge in [0.15, 0.2) is 6.10 Å². The maximum absolute atomic E-state index is 10.4. The second-order valence-corrected chi connectivity index (χ2v) is 5.21. The molecule has 1 aromatic heterocycles. The lowest BCUT2D eigenvalue weighted by atomic mass is 9.86. The van der Waals surface area contributed by atoms with Crippen molar-refractivity contribution in [2.45, 2.75) is 53.6 Å². The minimum atomic E-state index is -1.18. The van der Waals surface area contributed by atoms with Crippen molar-refractivity contribution in [2.24, 2.45) is 0 Å². The zero-order valence-electron chi connectivity index (χ0n) is 12.6. The molecule has 1 N–H and O–H groups in total. The van der Waals surface area contributed by atoms with E-state index in [2.05, 4.69) is 4.98 Å². The van der Waals surface area contributed by atoms with Crippen LogP contribution in [0.4, 0.5) is 0 Å². The quantitative estimate of drug-likeness (QED) is 0.684. The largest absolute Gasteiger partial charge is 0.490 e. The fourth-order valence-electron chi connectivity index (χ4n) is 2.11. The van der Waals surface area contributed by atoms with Crippen molar-refractivity contribution < 1.29 is 14.8 Å². The summed E-state index contributed by atoms with van der Waals surface area (Å²) in [7, 11) is 0. The molecule has 6 nitrogen and oxygen atoms in total. The number of nitro groups is 1. The zero-order chi connectivity index (χ0) is 15.5. The van der Waals surface area contributed by atoms with Crippen LogP contribution in [0.5, 0.6) is 5.75 Å². The lowest BCUT2D eigenvalue weighted by molar-refractivity contribution is -0.491. The second-order valence-electron chi connectivity index (χ2n) is 5.21. The van der Waals surface area contributed by atoms with E-state index in [4.69, 9.17) is 4.74 Å². The molecular formula is C15H26N2O4. The molecule has 0 radical (unpaired) electrons. The summed E-state index contributed by atoms with van der Waals surface area (Å²) >= 11 is 0. The molecule has 1 unspecified atom stereocenters. The van der Waals surface area contributed by atoms with Gasteiger partial charge in [-0.1, -0.05) is 35.1 Å². The minimum absolute atomic E-state index is 0. The number of aliphatic hydroxyl groups is 1. The molecule has 1 aliphatic heterocycles. The average Bonchev–Trinajstić information content (AvgIpc) is 2.67. The third-order valence-corrected chi connectivity index (χ3v) is 3.13. The summed E-state index contributed by atoms with van der Waals surface area (Å²) in [5.41, 5.74) is 1.79. The number of aromatic nitrogens is 1. The lowest BCUT2D eigenvalue weighted by Crippen LogP contribution is -2.19. The molecule has 120 valence electrons. The number of hydrogen-bond donors (Lipinski definition) is 1. The molecule has 0 saturated carbocycles. The number of ether oxygens (including phenoxy) is 1. The number of aryl methyl sites for hydroxylation is 1. The van der Waals surface area contributed by atoms with Crippen molar-refractivity contribution in [1.82, 2.24) is 4.98 Å². The van der Waals surface area contributed by atoms with Gasteiger partial charge in [0.25, 0.3) is 0 Å². The van der Waals surface area contributed by atoms with Crippen molar-refractivity contribution in [1.29, 1.82) is 0 Å². The van der Waals surface area contributed by atoms with Crippen molar-refractivity contribution in [3.05, 3.63) is 33.1 Å². The van der Waals surface area contributed by atoms with E-state index in [9.17, 15) is 15.2 Å². The molecule has 0 aromatic carbocycles. The molecule has 0 bridgehead atoms. The summed E-state index contributed by atoms with van der Waals surface area (Å²) in [6.45, 7) is 9.86. The third kappa shape index (κ3) is 4.14. The molecule has 1 atom stereocenters. The van der Waals surface area contributed by atoms with Crippen LogP contribution >= 0.6 is 0 Å². The Balaban J connectivity index is 0.00000128. The summed E-state index contributed by atoms with van der Waals surface area (Å²) in [5.74, 6) is 0.733. The Labute approximate surface area is 126 Å². The summed E-state index contributed by atoms with van der Waals surface area (Å²) in [5, 5.41) is 20.2. The van der Waals surface area contributed by atoms with Gasteiger partial charge in [0, 0.05) is 15.9 Å². The van der Waals surface area contributed by atoms with Crippen LogP contribution in [0.25, 0.3) is 0 Å². The van der Waals surface area contributed by atoms with Gasteiger partial charge in [-0.3, -0.25) is 15.1 Å². The summed E-state index contributed by atoms with van der Waals surface area (Å²) in [4.78, 5) is 14.1. The Hall–Kier alpha value is -1.69. The van der Waals surface area contributed by atoms with Crippen molar-refractivity contribution >= 4 is 0 Å². The van der Waals surface area contributed by atoms with Crippen LogP contribution < -0.4 is 4.74 Å². The lowest BCUT2D eigenvalue weighted by Gasteiger charge is -2.16. The molecule has 1 aliphatic rings.